The zero-order valence-corrected chi connectivity index (χ0v) is 9.63. The highest BCUT2D eigenvalue weighted by molar-refractivity contribution is 5.36. The van der Waals surface area contributed by atoms with E-state index < -0.39 is 0 Å². The fourth-order valence-electron chi connectivity index (χ4n) is 1.61. The highest BCUT2D eigenvalue weighted by atomic mass is 16.5. The molecular weight excluding hydrogens is 172 g/mol. The molecule has 0 amide bonds. The lowest BCUT2D eigenvalue weighted by atomic mass is 9.98. The van der Waals surface area contributed by atoms with Crippen LogP contribution in [-0.2, 0) is 0 Å². The normalized spacial score (nSPS) is 10.6. The van der Waals surface area contributed by atoms with E-state index in [0.717, 1.165) is 18.8 Å². The Labute approximate surface area is 87.1 Å². The molecule has 0 unspecified atom stereocenters. The van der Waals surface area contributed by atoms with E-state index in [4.69, 9.17) is 4.74 Å². The summed E-state index contributed by atoms with van der Waals surface area (Å²) in [6.45, 7) is 9.51. The Bertz CT molecular complexity index is 289. The highest BCUT2D eigenvalue weighted by Crippen LogP contribution is 2.23. The molecule has 1 rings (SSSR count). The van der Waals surface area contributed by atoms with Gasteiger partial charge >= 0.3 is 0 Å². The van der Waals surface area contributed by atoms with Crippen molar-refractivity contribution in [1.82, 2.24) is 0 Å². The van der Waals surface area contributed by atoms with E-state index in [1.165, 1.54) is 11.1 Å². The molecule has 14 heavy (non-hydrogen) atoms. The summed E-state index contributed by atoms with van der Waals surface area (Å²) in [5.41, 5.74) is 2.74. The maximum Gasteiger partial charge on any atom is 0.119 e. The molecule has 78 valence electrons. The summed E-state index contributed by atoms with van der Waals surface area (Å²) in [5.74, 6) is 1.59. The molecule has 0 radical (unpaired) electrons. The molecule has 0 heterocycles. The first kappa shape index (κ1) is 11.1. The van der Waals surface area contributed by atoms with Gasteiger partial charge in [0.15, 0.2) is 0 Å². The Balaban J connectivity index is 2.78. The van der Waals surface area contributed by atoms with Gasteiger partial charge in [-0.15, -0.1) is 0 Å². The molecule has 1 aromatic carbocycles. The number of hydrogen-bond donors (Lipinski definition) is 0. The van der Waals surface area contributed by atoms with Gasteiger partial charge < -0.3 is 4.74 Å². The molecular formula is C13H20O. The zero-order valence-electron chi connectivity index (χ0n) is 9.63. The minimum absolute atomic E-state index is 0.593. The van der Waals surface area contributed by atoms with Gasteiger partial charge in [-0.1, -0.05) is 26.8 Å². The predicted molar refractivity (Wildman–Crippen MR) is 61.1 cm³/mol. The first-order valence-corrected chi connectivity index (χ1v) is 5.38. The summed E-state index contributed by atoms with van der Waals surface area (Å²) in [4.78, 5) is 0. The third-order valence-corrected chi connectivity index (χ3v) is 2.34. The van der Waals surface area contributed by atoms with Crippen molar-refractivity contribution in [3.05, 3.63) is 29.3 Å². The molecule has 0 atom stereocenters. The van der Waals surface area contributed by atoms with Crippen LogP contribution in [0.15, 0.2) is 18.2 Å². The van der Waals surface area contributed by atoms with Crippen LogP contribution in [-0.4, -0.2) is 6.61 Å². The summed E-state index contributed by atoms with van der Waals surface area (Å²) in [7, 11) is 0. The predicted octanol–water partition coefficient (Wildman–Crippen LogP) is 3.91. The highest BCUT2D eigenvalue weighted by Gasteiger charge is 2.04. The Morgan fingerprint density at radius 1 is 1.29 bits per heavy atom. The van der Waals surface area contributed by atoms with Gasteiger partial charge in [0.2, 0.25) is 0 Å². The maximum atomic E-state index is 5.57. The van der Waals surface area contributed by atoms with Crippen LogP contribution in [0.4, 0.5) is 0 Å². The Hall–Kier alpha value is -0.980. The van der Waals surface area contributed by atoms with Crippen LogP contribution in [0.1, 0.15) is 44.2 Å². The largest absolute Gasteiger partial charge is 0.494 e. The van der Waals surface area contributed by atoms with E-state index >= 15 is 0 Å². The molecule has 0 saturated carbocycles. The van der Waals surface area contributed by atoms with E-state index in [0.29, 0.717) is 5.92 Å². The molecule has 0 aliphatic carbocycles. The van der Waals surface area contributed by atoms with Gasteiger partial charge in [-0.25, -0.2) is 0 Å². The van der Waals surface area contributed by atoms with Crippen molar-refractivity contribution in [3.63, 3.8) is 0 Å². The molecule has 0 aliphatic rings. The second-order valence-electron chi connectivity index (χ2n) is 4.02. The summed E-state index contributed by atoms with van der Waals surface area (Å²) >= 11 is 0. The standard InChI is InChI=1S/C13H20O/c1-5-8-14-12-6-7-13(10(2)3)11(4)9-12/h6-7,9-10H,5,8H2,1-4H3. The molecule has 0 saturated heterocycles. The molecule has 1 aromatic rings. The lowest BCUT2D eigenvalue weighted by Crippen LogP contribution is -1.97. The maximum absolute atomic E-state index is 5.57. The molecule has 0 fully saturated rings. The van der Waals surface area contributed by atoms with Crippen LogP contribution < -0.4 is 4.74 Å². The first-order chi connectivity index (χ1) is 6.65. The number of ether oxygens (including phenoxy) is 1. The molecule has 0 aromatic heterocycles. The van der Waals surface area contributed by atoms with Crippen molar-refractivity contribution in [2.24, 2.45) is 0 Å². The molecule has 0 aliphatic heterocycles. The monoisotopic (exact) mass is 192 g/mol. The summed E-state index contributed by atoms with van der Waals surface area (Å²) in [6.07, 6.45) is 1.06. The van der Waals surface area contributed by atoms with Crippen molar-refractivity contribution in [1.29, 1.82) is 0 Å². The van der Waals surface area contributed by atoms with Crippen LogP contribution in [0.25, 0.3) is 0 Å². The Morgan fingerprint density at radius 2 is 2.00 bits per heavy atom. The summed E-state index contributed by atoms with van der Waals surface area (Å²) in [5, 5.41) is 0. The second kappa shape index (κ2) is 5.04. The van der Waals surface area contributed by atoms with Gasteiger partial charge in [0, 0.05) is 0 Å². The van der Waals surface area contributed by atoms with Crippen LogP contribution in [0, 0.1) is 6.92 Å². The van der Waals surface area contributed by atoms with Crippen LogP contribution in [0.3, 0.4) is 0 Å². The first-order valence-electron chi connectivity index (χ1n) is 5.38. The zero-order chi connectivity index (χ0) is 10.6. The SMILES string of the molecule is CCCOc1ccc(C(C)C)c(C)c1. The van der Waals surface area contributed by atoms with Crippen molar-refractivity contribution in [2.45, 2.75) is 40.0 Å². The minimum Gasteiger partial charge on any atom is -0.494 e. The smallest absolute Gasteiger partial charge is 0.119 e. The van der Waals surface area contributed by atoms with E-state index in [2.05, 4.69) is 45.9 Å². The van der Waals surface area contributed by atoms with Gasteiger partial charge in [0.25, 0.3) is 0 Å². The third-order valence-electron chi connectivity index (χ3n) is 2.34. The summed E-state index contributed by atoms with van der Waals surface area (Å²) < 4.78 is 5.57. The van der Waals surface area contributed by atoms with Crippen LogP contribution >= 0.6 is 0 Å². The Kier molecular flexibility index (Phi) is 3.99. The molecule has 0 N–H and O–H groups in total. The number of rotatable bonds is 4. The fraction of sp³-hybridized carbons (Fsp3) is 0.538. The summed E-state index contributed by atoms with van der Waals surface area (Å²) in [6, 6.07) is 6.37. The van der Waals surface area contributed by atoms with E-state index in [1.807, 2.05) is 0 Å². The van der Waals surface area contributed by atoms with Gasteiger partial charge in [-0.3, -0.25) is 0 Å². The lowest BCUT2D eigenvalue weighted by Gasteiger charge is -2.11. The molecule has 0 bridgehead atoms. The number of hydrogen-bond acceptors (Lipinski definition) is 1. The third kappa shape index (κ3) is 2.76. The molecule has 1 heteroatoms. The lowest BCUT2D eigenvalue weighted by molar-refractivity contribution is 0.317. The van der Waals surface area contributed by atoms with E-state index in [-0.39, 0.29) is 0 Å². The number of aryl methyl sites for hydroxylation is 1. The van der Waals surface area contributed by atoms with Gasteiger partial charge in [0.05, 0.1) is 6.61 Å². The van der Waals surface area contributed by atoms with Crippen LogP contribution in [0.2, 0.25) is 0 Å². The average Bonchev–Trinajstić information content (AvgIpc) is 2.14. The number of benzene rings is 1. The van der Waals surface area contributed by atoms with Gasteiger partial charge in [-0.05, 0) is 42.5 Å². The fourth-order valence-corrected chi connectivity index (χ4v) is 1.61. The van der Waals surface area contributed by atoms with Crippen molar-refractivity contribution in [3.8, 4) is 5.75 Å². The van der Waals surface area contributed by atoms with E-state index in [9.17, 15) is 0 Å². The quantitative estimate of drug-likeness (QED) is 0.703. The van der Waals surface area contributed by atoms with Crippen LogP contribution in [0.5, 0.6) is 5.75 Å². The molecule has 1 nitrogen and oxygen atoms in total. The van der Waals surface area contributed by atoms with Crippen molar-refractivity contribution >= 4 is 0 Å². The van der Waals surface area contributed by atoms with E-state index in [1.54, 1.807) is 0 Å². The Morgan fingerprint density at radius 3 is 2.50 bits per heavy atom. The van der Waals surface area contributed by atoms with Gasteiger partial charge in [-0.2, -0.15) is 0 Å². The van der Waals surface area contributed by atoms with Gasteiger partial charge in [0.1, 0.15) is 5.75 Å². The van der Waals surface area contributed by atoms with Crippen molar-refractivity contribution < 1.29 is 4.74 Å². The molecule has 0 spiro atoms. The topological polar surface area (TPSA) is 9.23 Å². The second-order valence-corrected chi connectivity index (χ2v) is 4.02. The van der Waals surface area contributed by atoms with Crippen molar-refractivity contribution in [2.75, 3.05) is 6.61 Å². The average molecular weight is 192 g/mol. The minimum atomic E-state index is 0.593.